The van der Waals surface area contributed by atoms with Crippen LogP contribution in [-0.4, -0.2) is 56.6 Å². The lowest BCUT2D eigenvalue weighted by Crippen LogP contribution is -2.43. The first kappa shape index (κ1) is 25.9. The molecule has 1 N–H and O–H groups in total. The highest BCUT2D eigenvalue weighted by Crippen LogP contribution is 2.36. The molecule has 3 aromatic rings. The smallest absolute Gasteiger partial charge is 0.345 e. The number of carboxylic acid groups (broad SMARTS) is 1. The maximum atomic E-state index is 12.9. The molecule has 4 rings (SSSR count). The molecule has 194 valence electrons. The summed E-state index contributed by atoms with van der Waals surface area (Å²) in [5.41, 5.74) is 2.37. The lowest BCUT2D eigenvalue weighted by Gasteiger charge is -2.36. The van der Waals surface area contributed by atoms with Crippen LogP contribution >= 0.6 is 0 Å². The Bertz CT molecular complexity index is 1250. The summed E-state index contributed by atoms with van der Waals surface area (Å²) in [5.74, 6) is 1.10. The molecule has 9 nitrogen and oxygen atoms in total. The molecule has 0 saturated carbocycles. The minimum absolute atomic E-state index is 0.112. The van der Waals surface area contributed by atoms with E-state index >= 15 is 0 Å². The quantitative estimate of drug-likeness (QED) is 0.391. The zero-order valence-electron chi connectivity index (χ0n) is 21.3. The summed E-state index contributed by atoms with van der Waals surface area (Å²) in [6.45, 7) is 4.73. The summed E-state index contributed by atoms with van der Waals surface area (Å²) in [7, 11) is 1.83. The molecule has 0 bridgehead atoms. The highest BCUT2D eigenvalue weighted by Gasteiger charge is 2.36. The van der Waals surface area contributed by atoms with Crippen molar-refractivity contribution in [2.24, 2.45) is 12.0 Å². The zero-order chi connectivity index (χ0) is 26.4. The molecule has 1 aromatic heterocycles. The van der Waals surface area contributed by atoms with Gasteiger partial charge in [0.15, 0.2) is 11.9 Å². The van der Waals surface area contributed by atoms with E-state index in [2.05, 4.69) is 5.10 Å². The third-order valence-electron chi connectivity index (χ3n) is 6.33. The second-order valence-corrected chi connectivity index (χ2v) is 8.79. The largest absolute Gasteiger partial charge is 0.492 e. The second-order valence-electron chi connectivity index (χ2n) is 8.79. The molecule has 2 atom stereocenters. The summed E-state index contributed by atoms with van der Waals surface area (Å²) in [6.07, 6.45) is 2.03. The molecule has 0 radical (unpaired) electrons. The van der Waals surface area contributed by atoms with Crippen molar-refractivity contribution in [1.82, 2.24) is 14.7 Å². The molecule has 0 fully saturated rings. The van der Waals surface area contributed by atoms with Crippen LogP contribution < -0.4 is 9.47 Å². The van der Waals surface area contributed by atoms with Gasteiger partial charge in [0.2, 0.25) is 0 Å². The van der Waals surface area contributed by atoms with E-state index in [1.807, 2.05) is 56.1 Å². The number of aromatic nitrogens is 2. The fourth-order valence-electron chi connectivity index (χ4n) is 4.44. The molecule has 0 aliphatic carbocycles. The monoisotopic (exact) mass is 504 g/mol. The van der Waals surface area contributed by atoms with E-state index in [9.17, 15) is 14.7 Å². The van der Waals surface area contributed by atoms with Crippen molar-refractivity contribution in [3.63, 3.8) is 0 Å². The van der Waals surface area contributed by atoms with E-state index in [1.54, 1.807) is 35.1 Å². The van der Waals surface area contributed by atoms with Gasteiger partial charge >= 0.3 is 5.97 Å². The first-order valence-corrected chi connectivity index (χ1v) is 12.5. The molecule has 1 aliphatic rings. The summed E-state index contributed by atoms with van der Waals surface area (Å²) >= 11 is 0. The SMILES string of the molecule is CCC(=O)C1c2c(cnn2C)N=C(CC)N1CCOc1ccc(CC(Oc2ccccc2)C(=O)O)cc1. The van der Waals surface area contributed by atoms with Gasteiger partial charge in [0, 0.05) is 26.3 Å². The minimum atomic E-state index is -1.02. The molecule has 2 unspecified atom stereocenters. The number of nitrogens with zero attached hydrogens (tertiary/aromatic N) is 4. The van der Waals surface area contributed by atoms with Gasteiger partial charge in [-0.05, 0) is 29.8 Å². The fourth-order valence-corrected chi connectivity index (χ4v) is 4.44. The van der Waals surface area contributed by atoms with Gasteiger partial charge in [-0.25, -0.2) is 9.79 Å². The molecular weight excluding hydrogens is 472 g/mol. The van der Waals surface area contributed by atoms with Gasteiger partial charge in [-0.1, -0.05) is 44.2 Å². The Kier molecular flexibility index (Phi) is 8.22. The number of hydrogen-bond donors (Lipinski definition) is 1. The first-order chi connectivity index (χ1) is 17.9. The van der Waals surface area contributed by atoms with Crippen LogP contribution in [0.25, 0.3) is 0 Å². The molecule has 2 heterocycles. The van der Waals surface area contributed by atoms with Crippen LogP contribution in [0.3, 0.4) is 0 Å². The van der Waals surface area contributed by atoms with Gasteiger partial charge in [-0.2, -0.15) is 5.10 Å². The van der Waals surface area contributed by atoms with E-state index < -0.39 is 18.1 Å². The number of rotatable bonds is 12. The van der Waals surface area contributed by atoms with Crippen molar-refractivity contribution >= 4 is 23.3 Å². The second kappa shape index (κ2) is 11.7. The highest BCUT2D eigenvalue weighted by molar-refractivity contribution is 5.95. The number of amidine groups is 1. The van der Waals surface area contributed by atoms with Gasteiger partial charge < -0.3 is 19.5 Å². The van der Waals surface area contributed by atoms with Crippen molar-refractivity contribution in [3.05, 3.63) is 72.1 Å². The Hall–Kier alpha value is -4.14. The van der Waals surface area contributed by atoms with Crippen LogP contribution in [0.15, 0.2) is 65.8 Å². The van der Waals surface area contributed by atoms with Gasteiger partial charge in [-0.15, -0.1) is 0 Å². The number of aliphatic imine (C=N–C) groups is 1. The predicted molar refractivity (Wildman–Crippen MR) is 139 cm³/mol. The number of para-hydroxylation sites is 1. The normalized spacial score (nSPS) is 15.5. The van der Waals surface area contributed by atoms with Crippen molar-refractivity contribution < 1.29 is 24.2 Å². The minimum Gasteiger partial charge on any atom is -0.492 e. The summed E-state index contributed by atoms with van der Waals surface area (Å²) < 4.78 is 13.4. The number of aliphatic carboxylic acids is 1. The molecule has 1 aliphatic heterocycles. The van der Waals surface area contributed by atoms with Gasteiger partial charge in [0.1, 0.15) is 35.7 Å². The molecule has 37 heavy (non-hydrogen) atoms. The number of fused-ring (bicyclic) bond motifs is 1. The van der Waals surface area contributed by atoms with Gasteiger partial charge in [0.25, 0.3) is 0 Å². The van der Waals surface area contributed by atoms with Gasteiger partial charge in [0.05, 0.1) is 18.4 Å². The number of benzene rings is 2. The maximum absolute atomic E-state index is 12.9. The van der Waals surface area contributed by atoms with Gasteiger partial charge in [-0.3, -0.25) is 9.48 Å². The molecule has 0 amide bonds. The Morgan fingerprint density at radius 1 is 1.05 bits per heavy atom. The average Bonchev–Trinajstić information content (AvgIpc) is 3.28. The Morgan fingerprint density at radius 2 is 1.78 bits per heavy atom. The zero-order valence-corrected chi connectivity index (χ0v) is 21.3. The molecule has 9 heteroatoms. The number of ketones is 1. The van der Waals surface area contributed by atoms with Crippen molar-refractivity contribution in [1.29, 1.82) is 0 Å². The van der Waals surface area contributed by atoms with Crippen LogP contribution in [0, 0.1) is 0 Å². The summed E-state index contributed by atoms with van der Waals surface area (Å²) in [4.78, 5) is 31.4. The van der Waals surface area contributed by atoms with E-state index in [0.717, 1.165) is 22.8 Å². The highest BCUT2D eigenvalue weighted by atomic mass is 16.5. The maximum Gasteiger partial charge on any atom is 0.345 e. The number of carbonyl (C=O) groups is 2. The van der Waals surface area contributed by atoms with Crippen LogP contribution in [0.1, 0.15) is 44.0 Å². The van der Waals surface area contributed by atoms with Crippen molar-refractivity contribution in [3.8, 4) is 11.5 Å². The van der Waals surface area contributed by atoms with Crippen LogP contribution in [0.4, 0.5) is 5.69 Å². The lowest BCUT2D eigenvalue weighted by atomic mass is 10.0. The van der Waals surface area contributed by atoms with Crippen LogP contribution in [-0.2, 0) is 23.1 Å². The average molecular weight is 505 g/mol. The number of ether oxygens (including phenoxy) is 2. The summed E-state index contributed by atoms with van der Waals surface area (Å²) in [5, 5.41) is 13.9. The third-order valence-corrected chi connectivity index (χ3v) is 6.33. The number of carbonyl (C=O) groups excluding carboxylic acids is 1. The molecule has 2 aromatic carbocycles. The van der Waals surface area contributed by atoms with Crippen molar-refractivity contribution in [2.45, 2.75) is 45.3 Å². The first-order valence-electron chi connectivity index (χ1n) is 12.5. The van der Waals surface area contributed by atoms with Crippen LogP contribution in [0.2, 0.25) is 0 Å². The lowest BCUT2D eigenvalue weighted by molar-refractivity contribution is -0.145. The fraction of sp³-hybridized carbons (Fsp3) is 0.357. The number of Topliss-reactive ketones (excluding diaryl/α,β-unsaturated/α-hetero) is 1. The van der Waals surface area contributed by atoms with E-state index in [1.165, 1.54) is 0 Å². The standard InChI is InChI=1S/C28H32N4O5/c1-4-23(33)27-26-22(18-29-31(26)3)30-25(5-2)32(27)15-16-36-20-13-11-19(12-14-20)17-24(28(34)35)37-21-9-7-6-8-10-21/h6-14,18,24,27H,4-5,15-17H2,1-3H3,(H,34,35). The Balaban J connectivity index is 1.39. The number of aryl methyl sites for hydroxylation is 1. The number of carboxylic acids is 1. The molecular formula is C28H32N4O5. The Morgan fingerprint density at radius 3 is 2.43 bits per heavy atom. The topological polar surface area (TPSA) is 106 Å². The predicted octanol–water partition coefficient (Wildman–Crippen LogP) is 4.35. The third kappa shape index (κ3) is 5.99. The molecule has 0 saturated heterocycles. The van der Waals surface area contributed by atoms with E-state index in [-0.39, 0.29) is 12.2 Å². The van der Waals surface area contributed by atoms with E-state index in [0.29, 0.717) is 37.5 Å². The van der Waals surface area contributed by atoms with E-state index in [4.69, 9.17) is 14.5 Å². The van der Waals surface area contributed by atoms with Crippen LogP contribution in [0.5, 0.6) is 11.5 Å². The molecule has 0 spiro atoms. The number of hydrogen-bond acceptors (Lipinski definition) is 7. The van der Waals surface area contributed by atoms with Crippen molar-refractivity contribution in [2.75, 3.05) is 13.2 Å². The Labute approximate surface area is 216 Å². The summed E-state index contributed by atoms with van der Waals surface area (Å²) in [6, 6.07) is 15.8.